The van der Waals surface area contributed by atoms with E-state index in [4.69, 9.17) is 9.97 Å². The molecule has 0 radical (unpaired) electrons. The summed E-state index contributed by atoms with van der Waals surface area (Å²) < 4.78 is 4.87. The number of fused-ring (bicyclic) bond motifs is 10. The van der Waals surface area contributed by atoms with Crippen LogP contribution in [0.1, 0.15) is 0 Å². The number of thiophene rings is 1. The number of benzene rings is 7. The number of hydrogen-bond acceptors (Lipinski definition) is 3. The summed E-state index contributed by atoms with van der Waals surface area (Å²) in [7, 11) is 0. The van der Waals surface area contributed by atoms with Crippen LogP contribution in [0, 0.1) is 0 Å². The third kappa shape index (κ3) is 3.77. The van der Waals surface area contributed by atoms with E-state index < -0.39 is 0 Å². The highest BCUT2D eigenvalue weighted by Crippen LogP contribution is 2.44. The van der Waals surface area contributed by atoms with Gasteiger partial charge in [-0.1, -0.05) is 121 Å². The summed E-state index contributed by atoms with van der Waals surface area (Å²) in [5, 5.41) is 10.0. The molecule has 3 heterocycles. The van der Waals surface area contributed by atoms with Crippen LogP contribution in [0.4, 0.5) is 0 Å². The van der Waals surface area contributed by atoms with E-state index in [-0.39, 0.29) is 0 Å². The molecular formula is C42H25N3S. The standard InChI is InChI=1S/C42H25N3S/c1-3-13-28(14-4-1)34-25-35(29-15-5-2-6-16-29)44-42(43-34)45-36-21-19-26-11-7-9-17-30(26)40(36)32-24-39-33(23-37(32)45)41-31-18-10-8-12-27(31)20-22-38(41)46-39/h1-25H. The molecule has 10 aromatic rings. The fourth-order valence-corrected chi connectivity index (χ4v) is 8.23. The predicted molar refractivity (Wildman–Crippen MR) is 195 cm³/mol. The van der Waals surface area contributed by atoms with Crippen LogP contribution in [0.2, 0.25) is 0 Å². The van der Waals surface area contributed by atoms with Gasteiger partial charge in [0.05, 0.1) is 22.4 Å². The van der Waals surface area contributed by atoms with Crippen LogP contribution in [0.25, 0.3) is 92.0 Å². The van der Waals surface area contributed by atoms with E-state index in [0.29, 0.717) is 5.95 Å². The molecule has 0 aliphatic heterocycles. The van der Waals surface area contributed by atoms with Crippen LogP contribution >= 0.6 is 11.3 Å². The first kappa shape index (κ1) is 25.5. The van der Waals surface area contributed by atoms with E-state index in [1.807, 2.05) is 23.5 Å². The van der Waals surface area contributed by atoms with Crippen molar-refractivity contribution in [3.05, 3.63) is 152 Å². The molecule has 0 saturated heterocycles. The van der Waals surface area contributed by atoms with E-state index in [2.05, 4.69) is 144 Å². The van der Waals surface area contributed by atoms with Crippen LogP contribution in [0.5, 0.6) is 0 Å². The topological polar surface area (TPSA) is 30.7 Å². The highest BCUT2D eigenvalue weighted by Gasteiger charge is 2.21. The first-order chi connectivity index (χ1) is 22.8. The molecule has 46 heavy (non-hydrogen) atoms. The Morgan fingerprint density at radius 1 is 0.413 bits per heavy atom. The number of aromatic nitrogens is 3. The molecule has 0 spiro atoms. The second kappa shape index (κ2) is 9.83. The molecule has 0 amide bonds. The summed E-state index contributed by atoms with van der Waals surface area (Å²) in [5.74, 6) is 0.666. The third-order valence-corrected chi connectivity index (χ3v) is 10.3. The summed E-state index contributed by atoms with van der Waals surface area (Å²) in [6, 6.07) is 54.0. The van der Waals surface area contributed by atoms with E-state index in [1.165, 1.54) is 52.5 Å². The van der Waals surface area contributed by atoms with Gasteiger partial charge in [0.25, 0.3) is 0 Å². The Bertz CT molecular complexity index is 2740. The zero-order valence-electron chi connectivity index (χ0n) is 24.7. The van der Waals surface area contributed by atoms with Crippen molar-refractivity contribution in [1.82, 2.24) is 14.5 Å². The van der Waals surface area contributed by atoms with Gasteiger partial charge in [-0.15, -0.1) is 11.3 Å². The Morgan fingerprint density at radius 2 is 1.00 bits per heavy atom. The van der Waals surface area contributed by atoms with E-state index in [0.717, 1.165) is 33.5 Å². The average molecular weight is 604 g/mol. The molecule has 0 unspecified atom stereocenters. The molecule has 0 bridgehead atoms. The second-order valence-corrected chi connectivity index (χ2v) is 12.9. The summed E-state index contributed by atoms with van der Waals surface area (Å²) in [4.78, 5) is 10.6. The van der Waals surface area contributed by atoms with Crippen molar-refractivity contribution < 1.29 is 0 Å². The lowest BCUT2D eigenvalue weighted by Gasteiger charge is -2.12. The van der Waals surface area contributed by atoms with E-state index in [1.54, 1.807) is 0 Å². The lowest BCUT2D eigenvalue weighted by Crippen LogP contribution is -2.04. The van der Waals surface area contributed by atoms with Crippen LogP contribution in [-0.2, 0) is 0 Å². The van der Waals surface area contributed by atoms with Crippen molar-refractivity contribution in [2.24, 2.45) is 0 Å². The fourth-order valence-electron chi connectivity index (χ4n) is 7.09. The molecule has 3 aromatic heterocycles. The van der Waals surface area contributed by atoms with Crippen LogP contribution in [0.3, 0.4) is 0 Å². The Hall–Kier alpha value is -5.84. The van der Waals surface area contributed by atoms with Crippen molar-refractivity contribution in [2.45, 2.75) is 0 Å². The Balaban J connectivity index is 1.38. The molecule has 4 heteroatoms. The fraction of sp³-hybridized carbons (Fsp3) is 0. The highest BCUT2D eigenvalue weighted by atomic mass is 32.1. The van der Waals surface area contributed by atoms with Gasteiger partial charge in [0, 0.05) is 42.1 Å². The molecule has 0 saturated carbocycles. The van der Waals surface area contributed by atoms with Crippen molar-refractivity contribution in [3.63, 3.8) is 0 Å². The maximum Gasteiger partial charge on any atom is 0.235 e. The number of rotatable bonds is 3. The Kier molecular flexibility index (Phi) is 5.45. The van der Waals surface area contributed by atoms with Gasteiger partial charge in [0.2, 0.25) is 5.95 Å². The molecule has 214 valence electrons. The molecular weight excluding hydrogens is 579 g/mol. The third-order valence-electron chi connectivity index (χ3n) is 9.19. The average Bonchev–Trinajstić information content (AvgIpc) is 3.66. The molecule has 7 aromatic carbocycles. The molecule has 0 atom stereocenters. The lowest BCUT2D eigenvalue weighted by molar-refractivity contribution is 0.996. The van der Waals surface area contributed by atoms with Gasteiger partial charge in [-0.3, -0.25) is 4.57 Å². The first-order valence-corrected chi connectivity index (χ1v) is 16.3. The molecule has 0 N–H and O–H groups in total. The van der Waals surface area contributed by atoms with Gasteiger partial charge < -0.3 is 0 Å². The van der Waals surface area contributed by atoms with Gasteiger partial charge >= 0.3 is 0 Å². The quantitative estimate of drug-likeness (QED) is 0.201. The van der Waals surface area contributed by atoms with Crippen LogP contribution < -0.4 is 0 Å². The summed E-state index contributed by atoms with van der Waals surface area (Å²) in [6.07, 6.45) is 0. The van der Waals surface area contributed by atoms with Crippen LogP contribution in [0.15, 0.2) is 152 Å². The SMILES string of the molecule is c1ccc(-c2cc(-c3ccccc3)nc(-n3c4cc5c(cc4c4c6ccccc6ccc43)sc3ccc4ccccc4c35)n2)cc1. The maximum atomic E-state index is 5.29. The normalized spacial score (nSPS) is 11.9. The van der Waals surface area contributed by atoms with Gasteiger partial charge in [-0.05, 0) is 51.9 Å². The molecule has 0 aliphatic rings. The minimum Gasteiger partial charge on any atom is -0.278 e. The molecule has 0 aliphatic carbocycles. The number of hydrogen-bond donors (Lipinski definition) is 0. The molecule has 10 rings (SSSR count). The maximum absolute atomic E-state index is 5.29. The van der Waals surface area contributed by atoms with Gasteiger partial charge in [0.1, 0.15) is 0 Å². The van der Waals surface area contributed by atoms with Gasteiger partial charge in [-0.2, -0.15) is 0 Å². The smallest absolute Gasteiger partial charge is 0.235 e. The molecule has 3 nitrogen and oxygen atoms in total. The summed E-state index contributed by atoms with van der Waals surface area (Å²) in [6.45, 7) is 0. The zero-order valence-corrected chi connectivity index (χ0v) is 25.5. The van der Waals surface area contributed by atoms with E-state index in [9.17, 15) is 0 Å². The number of nitrogens with zero attached hydrogens (tertiary/aromatic N) is 3. The first-order valence-electron chi connectivity index (χ1n) is 15.5. The lowest BCUT2D eigenvalue weighted by atomic mass is 10.0. The second-order valence-electron chi connectivity index (χ2n) is 11.8. The van der Waals surface area contributed by atoms with Crippen molar-refractivity contribution >= 4 is 74.9 Å². The van der Waals surface area contributed by atoms with Gasteiger partial charge in [0.15, 0.2) is 0 Å². The minimum atomic E-state index is 0.666. The molecule has 0 fully saturated rings. The predicted octanol–water partition coefficient (Wildman–Crippen LogP) is 11.6. The largest absolute Gasteiger partial charge is 0.278 e. The Morgan fingerprint density at radius 3 is 1.67 bits per heavy atom. The van der Waals surface area contributed by atoms with E-state index >= 15 is 0 Å². The highest BCUT2D eigenvalue weighted by molar-refractivity contribution is 7.26. The summed E-state index contributed by atoms with van der Waals surface area (Å²) in [5.41, 5.74) is 6.13. The van der Waals surface area contributed by atoms with Crippen molar-refractivity contribution in [2.75, 3.05) is 0 Å². The van der Waals surface area contributed by atoms with Crippen molar-refractivity contribution in [3.8, 4) is 28.5 Å². The van der Waals surface area contributed by atoms with Gasteiger partial charge in [-0.25, -0.2) is 9.97 Å². The minimum absolute atomic E-state index is 0.666. The Labute approximate surface area is 268 Å². The zero-order chi connectivity index (χ0) is 30.2. The van der Waals surface area contributed by atoms with Crippen molar-refractivity contribution in [1.29, 1.82) is 0 Å². The summed E-state index contributed by atoms with van der Waals surface area (Å²) >= 11 is 1.87. The van der Waals surface area contributed by atoms with Crippen LogP contribution in [-0.4, -0.2) is 14.5 Å². The monoisotopic (exact) mass is 603 g/mol.